The quantitative estimate of drug-likeness (QED) is 0.318. The molecule has 0 spiro atoms. The van der Waals surface area contributed by atoms with Crippen LogP contribution in [-0.2, 0) is 0 Å². The molecule has 0 amide bonds. The van der Waals surface area contributed by atoms with Gasteiger partial charge in [0.25, 0.3) is 5.56 Å². The molecular weight excluding hydrogens is 404 g/mol. The van der Waals surface area contributed by atoms with E-state index < -0.39 is 0 Å². The fourth-order valence-corrected chi connectivity index (χ4v) is 4.80. The molecule has 3 heterocycles. The van der Waals surface area contributed by atoms with Gasteiger partial charge in [-0.3, -0.25) is 14.0 Å². The van der Waals surface area contributed by atoms with Gasteiger partial charge in [0.05, 0.1) is 27.2 Å². The van der Waals surface area contributed by atoms with Crippen molar-refractivity contribution in [1.82, 2.24) is 19.2 Å². The molecule has 142 valence electrons. The maximum atomic E-state index is 13.2. The van der Waals surface area contributed by atoms with E-state index in [1.807, 2.05) is 70.4 Å². The number of hydrogen-bond donors (Lipinski definition) is 0. The predicted octanol–water partition coefficient (Wildman–Crippen LogP) is 4.07. The van der Waals surface area contributed by atoms with Crippen LogP contribution in [0, 0.1) is 0 Å². The van der Waals surface area contributed by atoms with E-state index in [0.717, 1.165) is 10.4 Å². The van der Waals surface area contributed by atoms with Gasteiger partial charge in [-0.2, -0.15) is 0 Å². The van der Waals surface area contributed by atoms with Crippen LogP contribution >= 0.6 is 23.1 Å². The Morgan fingerprint density at radius 2 is 1.76 bits per heavy atom. The first-order chi connectivity index (χ1) is 14.2. The number of rotatable bonds is 5. The monoisotopic (exact) mass is 418 g/mol. The van der Waals surface area contributed by atoms with Gasteiger partial charge < -0.3 is 0 Å². The molecular formula is C21H14N4O2S2. The van der Waals surface area contributed by atoms with Gasteiger partial charge in [-0.1, -0.05) is 48.2 Å². The van der Waals surface area contributed by atoms with Crippen molar-refractivity contribution in [3.63, 3.8) is 0 Å². The molecule has 0 radical (unpaired) electrons. The molecule has 0 atom stereocenters. The number of para-hydroxylation sites is 2. The second-order valence-electron chi connectivity index (χ2n) is 6.30. The fraction of sp³-hybridized carbons (Fsp3) is 0.0476. The second-order valence-corrected chi connectivity index (χ2v) is 8.19. The number of nitrogens with zero attached hydrogens (tertiary/aromatic N) is 4. The summed E-state index contributed by atoms with van der Waals surface area (Å²) in [5.41, 5.74) is 1.28. The minimum atomic E-state index is -0.155. The number of hydrogen-bond acceptors (Lipinski definition) is 6. The highest BCUT2D eigenvalue weighted by molar-refractivity contribution is 7.99. The lowest BCUT2D eigenvalue weighted by Gasteiger charge is -2.11. The van der Waals surface area contributed by atoms with Crippen LogP contribution in [0.4, 0.5) is 0 Å². The van der Waals surface area contributed by atoms with Crippen LogP contribution in [0.25, 0.3) is 22.4 Å². The van der Waals surface area contributed by atoms with Crippen LogP contribution in [-0.4, -0.2) is 30.7 Å². The highest BCUT2D eigenvalue weighted by Gasteiger charge is 2.18. The van der Waals surface area contributed by atoms with Gasteiger partial charge in [-0.15, -0.1) is 21.5 Å². The average Bonchev–Trinajstić information content (AvgIpc) is 3.44. The predicted molar refractivity (Wildman–Crippen MR) is 115 cm³/mol. The zero-order valence-corrected chi connectivity index (χ0v) is 16.7. The van der Waals surface area contributed by atoms with Crippen molar-refractivity contribution in [3.05, 3.63) is 87.3 Å². The molecule has 0 saturated carbocycles. The van der Waals surface area contributed by atoms with Gasteiger partial charge in [0.2, 0.25) is 5.78 Å². The summed E-state index contributed by atoms with van der Waals surface area (Å²) >= 11 is 2.74. The highest BCUT2D eigenvalue weighted by Crippen LogP contribution is 2.24. The molecule has 29 heavy (non-hydrogen) atoms. The Morgan fingerprint density at radius 3 is 2.55 bits per heavy atom. The first-order valence-electron chi connectivity index (χ1n) is 8.88. The Balaban J connectivity index is 1.68. The van der Waals surface area contributed by atoms with Crippen molar-refractivity contribution in [1.29, 1.82) is 0 Å². The van der Waals surface area contributed by atoms with Gasteiger partial charge in [0.15, 0.2) is 10.9 Å². The SMILES string of the molecule is O=C(CSc1nnc2n(-c3ccccc3)c(=O)c3ccccc3n12)c1cccs1. The van der Waals surface area contributed by atoms with Gasteiger partial charge in [-0.25, -0.2) is 4.57 Å². The Labute approximate surface area is 173 Å². The van der Waals surface area contributed by atoms with E-state index in [2.05, 4.69) is 10.2 Å². The van der Waals surface area contributed by atoms with Gasteiger partial charge in [-0.05, 0) is 35.7 Å². The fourth-order valence-electron chi connectivity index (χ4n) is 3.22. The summed E-state index contributed by atoms with van der Waals surface area (Å²) in [5.74, 6) is 0.716. The van der Waals surface area contributed by atoms with E-state index in [0.29, 0.717) is 22.0 Å². The summed E-state index contributed by atoms with van der Waals surface area (Å²) in [4.78, 5) is 26.3. The Kier molecular flexibility index (Phi) is 4.49. The minimum absolute atomic E-state index is 0.0439. The summed E-state index contributed by atoms with van der Waals surface area (Å²) in [6, 6.07) is 20.4. The van der Waals surface area contributed by atoms with Crippen molar-refractivity contribution in [3.8, 4) is 5.69 Å². The number of fused-ring (bicyclic) bond motifs is 3. The van der Waals surface area contributed by atoms with Crippen molar-refractivity contribution in [2.24, 2.45) is 0 Å². The third-order valence-corrected chi connectivity index (χ3v) is 6.38. The summed E-state index contributed by atoms with van der Waals surface area (Å²) < 4.78 is 3.40. The third kappa shape index (κ3) is 3.06. The van der Waals surface area contributed by atoms with Gasteiger partial charge in [0.1, 0.15) is 0 Å². The summed E-state index contributed by atoms with van der Waals surface area (Å²) in [5, 5.41) is 11.6. The molecule has 5 rings (SSSR count). The third-order valence-electron chi connectivity index (χ3n) is 4.54. The second kappa shape index (κ2) is 7.31. The number of carbonyl (C=O) groups is 1. The molecule has 0 unspecified atom stereocenters. The molecule has 0 aliphatic rings. The lowest BCUT2D eigenvalue weighted by Crippen LogP contribution is -2.21. The number of benzene rings is 2. The van der Waals surface area contributed by atoms with Crippen molar-refractivity contribution in [2.75, 3.05) is 5.75 Å². The van der Waals surface area contributed by atoms with Crippen LogP contribution in [0.2, 0.25) is 0 Å². The van der Waals surface area contributed by atoms with Crippen LogP contribution < -0.4 is 5.56 Å². The molecule has 8 heteroatoms. The number of carbonyl (C=O) groups excluding carboxylic acids is 1. The van der Waals surface area contributed by atoms with Gasteiger partial charge in [0, 0.05) is 0 Å². The topological polar surface area (TPSA) is 69.3 Å². The molecule has 0 aliphatic heterocycles. The van der Waals surface area contributed by atoms with Crippen LogP contribution in [0.1, 0.15) is 9.67 Å². The molecule has 5 aromatic rings. The average molecular weight is 419 g/mol. The maximum absolute atomic E-state index is 13.2. The molecule has 0 N–H and O–H groups in total. The van der Waals surface area contributed by atoms with Crippen LogP contribution in [0.3, 0.4) is 0 Å². The van der Waals surface area contributed by atoms with E-state index in [4.69, 9.17) is 0 Å². The largest absolute Gasteiger partial charge is 0.292 e. The van der Waals surface area contributed by atoms with Crippen LogP contribution in [0.15, 0.2) is 82.1 Å². The Morgan fingerprint density at radius 1 is 0.966 bits per heavy atom. The van der Waals surface area contributed by atoms with E-state index in [-0.39, 0.29) is 17.1 Å². The molecule has 0 saturated heterocycles. The standard InChI is InChI=1S/C21H14N4O2S2/c26-17(18-11-6-12-28-18)13-29-21-23-22-20-24(14-7-2-1-3-8-14)19(27)15-9-4-5-10-16(15)25(20)21/h1-12H,13H2. The summed E-state index contributed by atoms with van der Waals surface area (Å²) in [6.07, 6.45) is 0. The molecule has 6 nitrogen and oxygen atoms in total. The summed E-state index contributed by atoms with van der Waals surface area (Å²) in [6.45, 7) is 0. The van der Waals surface area contributed by atoms with Crippen molar-refractivity contribution < 1.29 is 4.79 Å². The number of thioether (sulfide) groups is 1. The van der Waals surface area contributed by atoms with Gasteiger partial charge >= 0.3 is 0 Å². The maximum Gasteiger partial charge on any atom is 0.267 e. The molecule has 0 fully saturated rings. The smallest absolute Gasteiger partial charge is 0.267 e. The zero-order valence-electron chi connectivity index (χ0n) is 15.1. The normalized spacial score (nSPS) is 11.3. The Hall–Kier alpha value is -3.23. The molecule has 0 aliphatic carbocycles. The van der Waals surface area contributed by atoms with E-state index in [1.165, 1.54) is 23.1 Å². The first-order valence-corrected chi connectivity index (χ1v) is 10.7. The molecule has 0 bridgehead atoms. The highest BCUT2D eigenvalue weighted by atomic mass is 32.2. The first kappa shape index (κ1) is 17.8. The van der Waals surface area contributed by atoms with Crippen molar-refractivity contribution in [2.45, 2.75) is 5.16 Å². The lowest BCUT2D eigenvalue weighted by molar-refractivity contribution is 0.102. The molecule has 3 aromatic heterocycles. The number of thiophene rings is 1. The van der Waals surface area contributed by atoms with E-state index >= 15 is 0 Å². The Bertz CT molecular complexity index is 1390. The van der Waals surface area contributed by atoms with Crippen molar-refractivity contribution >= 4 is 45.6 Å². The van der Waals surface area contributed by atoms with Crippen LogP contribution in [0.5, 0.6) is 0 Å². The number of aromatic nitrogens is 4. The van der Waals surface area contributed by atoms with E-state index in [1.54, 1.807) is 10.6 Å². The number of Topliss-reactive ketones (excluding diaryl/α,β-unsaturated/α-hetero) is 1. The van der Waals surface area contributed by atoms with E-state index in [9.17, 15) is 9.59 Å². The summed E-state index contributed by atoms with van der Waals surface area (Å²) in [7, 11) is 0. The number of ketones is 1. The zero-order chi connectivity index (χ0) is 19.8. The minimum Gasteiger partial charge on any atom is -0.292 e. The molecule has 2 aromatic carbocycles. The lowest BCUT2D eigenvalue weighted by atomic mass is 10.2.